The number of aliphatic hydroxyl groups is 1. The fourth-order valence-corrected chi connectivity index (χ4v) is 2.04. The lowest BCUT2D eigenvalue weighted by atomic mass is 10.2. The van der Waals surface area contributed by atoms with Crippen molar-refractivity contribution in [1.29, 1.82) is 0 Å². The molecule has 2 aromatic heterocycles. The number of hydrogen-bond donors (Lipinski definition) is 1. The van der Waals surface area contributed by atoms with Crippen LogP contribution in [-0.4, -0.2) is 38.6 Å². The van der Waals surface area contributed by atoms with Crippen molar-refractivity contribution in [2.75, 3.05) is 13.2 Å². The normalized spacial score (nSPS) is 11.6. The Morgan fingerprint density at radius 3 is 2.89 bits per heavy atom. The van der Waals surface area contributed by atoms with Crippen molar-refractivity contribution >= 4 is 5.65 Å². The van der Waals surface area contributed by atoms with Crippen LogP contribution in [0.4, 0.5) is 0 Å². The second-order valence-electron chi connectivity index (χ2n) is 4.80. The highest BCUT2D eigenvalue weighted by Crippen LogP contribution is 2.06. The zero-order chi connectivity index (χ0) is 13.8. The van der Waals surface area contributed by atoms with Crippen LogP contribution < -0.4 is 5.56 Å². The second-order valence-corrected chi connectivity index (χ2v) is 4.80. The third kappa shape index (κ3) is 3.19. The Bertz CT molecular complexity index is 607. The average molecular weight is 261 g/mol. The number of pyridine rings is 1. The average Bonchev–Trinajstić information content (AvgIpc) is 2.38. The predicted octanol–water partition coefficient (Wildman–Crippen LogP) is 0.897. The standard InChI is InChI=1S/C14H19N3O2/c1-11(2)16(7-8-18)10-12-9-14(19)17-6-4-3-5-13(17)15-12/h3-6,9,11,18H,7-8,10H2,1-2H3. The molecule has 1 N–H and O–H groups in total. The minimum Gasteiger partial charge on any atom is -0.395 e. The zero-order valence-corrected chi connectivity index (χ0v) is 11.3. The third-order valence-electron chi connectivity index (χ3n) is 3.11. The van der Waals surface area contributed by atoms with Gasteiger partial charge in [0.15, 0.2) is 0 Å². The molecule has 2 aromatic rings. The van der Waals surface area contributed by atoms with Gasteiger partial charge in [0.25, 0.3) is 5.56 Å². The summed E-state index contributed by atoms with van der Waals surface area (Å²) in [6.07, 6.45) is 1.71. The zero-order valence-electron chi connectivity index (χ0n) is 11.3. The minimum absolute atomic E-state index is 0.0756. The molecule has 102 valence electrons. The molecule has 0 saturated carbocycles. The summed E-state index contributed by atoms with van der Waals surface area (Å²) in [5, 5.41) is 9.06. The molecule has 2 heterocycles. The van der Waals surface area contributed by atoms with Crippen molar-refractivity contribution in [2.24, 2.45) is 0 Å². The number of rotatable bonds is 5. The molecule has 0 spiro atoms. The van der Waals surface area contributed by atoms with Crippen LogP contribution in [0.5, 0.6) is 0 Å². The van der Waals surface area contributed by atoms with Crippen LogP contribution in [-0.2, 0) is 6.54 Å². The lowest BCUT2D eigenvalue weighted by Gasteiger charge is -2.25. The number of nitrogens with zero attached hydrogens (tertiary/aromatic N) is 3. The first-order valence-electron chi connectivity index (χ1n) is 6.44. The van der Waals surface area contributed by atoms with Gasteiger partial charge in [-0.2, -0.15) is 0 Å². The molecule has 0 aliphatic heterocycles. The Balaban J connectivity index is 2.32. The number of aromatic nitrogens is 2. The molecule has 2 rings (SSSR count). The maximum Gasteiger partial charge on any atom is 0.258 e. The van der Waals surface area contributed by atoms with E-state index in [0.29, 0.717) is 24.8 Å². The van der Waals surface area contributed by atoms with Gasteiger partial charge in [0, 0.05) is 31.4 Å². The quantitative estimate of drug-likeness (QED) is 0.868. The van der Waals surface area contributed by atoms with Crippen LogP contribution in [0.25, 0.3) is 5.65 Å². The molecule has 5 heteroatoms. The van der Waals surface area contributed by atoms with Gasteiger partial charge in [-0.05, 0) is 26.0 Å². The summed E-state index contributed by atoms with van der Waals surface area (Å²) in [5.74, 6) is 0. The van der Waals surface area contributed by atoms with Crippen LogP contribution in [0.1, 0.15) is 19.5 Å². The highest BCUT2D eigenvalue weighted by Gasteiger charge is 2.11. The van der Waals surface area contributed by atoms with E-state index in [4.69, 9.17) is 5.11 Å². The smallest absolute Gasteiger partial charge is 0.258 e. The number of hydrogen-bond acceptors (Lipinski definition) is 4. The van der Waals surface area contributed by atoms with Crippen molar-refractivity contribution in [3.63, 3.8) is 0 Å². The van der Waals surface area contributed by atoms with Crippen molar-refractivity contribution < 1.29 is 5.11 Å². The molecule has 0 radical (unpaired) electrons. The van der Waals surface area contributed by atoms with Crippen molar-refractivity contribution in [2.45, 2.75) is 26.4 Å². The van der Waals surface area contributed by atoms with E-state index in [9.17, 15) is 4.79 Å². The third-order valence-corrected chi connectivity index (χ3v) is 3.11. The first kappa shape index (κ1) is 13.7. The highest BCUT2D eigenvalue weighted by atomic mass is 16.3. The van der Waals surface area contributed by atoms with Gasteiger partial charge in [-0.15, -0.1) is 0 Å². The van der Waals surface area contributed by atoms with Crippen LogP contribution in [0.3, 0.4) is 0 Å². The van der Waals surface area contributed by atoms with E-state index in [1.807, 2.05) is 18.2 Å². The fraction of sp³-hybridized carbons (Fsp3) is 0.429. The van der Waals surface area contributed by atoms with Gasteiger partial charge in [0.2, 0.25) is 0 Å². The van der Waals surface area contributed by atoms with Gasteiger partial charge in [-0.1, -0.05) is 6.07 Å². The van der Waals surface area contributed by atoms with Crippen molar-refractivity contribution in [1.82, 2.24) is 14.3 Å². The van der Waals surface area contributed by atoms with E-state index in [1.54, 1.807) is 12.3 Å². The number of aliphatic hydroxyl groups excluding tert-OH is 1. The molecule has 0 aliphatic carbocycles. The van der Waals surface area contributed by atoms with E-state index in [-0.39, 0.29) is 12.2 Å². The first-order chi connectivity index (χ1) is 9.11. The molecular formula is C14H19N3O2. The van der Waals surface area contributed by atoms with E-state index >= 15 is 0 Å². The Hall–Kier alpha value is -1.72. The van der Waals surface area contributed by atoms with E-state index < -0.39 is 0 Å². The van der Waals surface area contributed by atoms with Crippen LogP contribution >= 0.6 is 0 Å². The summed E-state index contributed by atoms with van der Waals surface area (Å²) in [6, 6.07) is 7.33. The molecule has 0 amide bonds. The lowest BCUT2D eigenvalue weighted by Crippen LogP contribution is -2.33. The summed E-state index contributed by atoms with van der Waals surface area (Å²) in [5.41, 5.74) is 1.31. The minimum atomic E-state index is -0.0756. The van der Waals surface area contributed by atoms with Gasteiger partial charge < -0.3 is 5.11 Å². The number of fused-ring (bicyclic) bond motifs is 1. The first-order valence-corrected chi connectivity index (χ1v) is 6.44. The molecule has 0 unspecified atom stereocenters. The maximum atomic E-state index is 12.0. The molecule has 0 bridgehead atoms. The van der Waals surface area contributed by atoms with Gasteiger partial charge in [0.05, 0.1) is 12.3 Å². The summed E-state index contributed by atoms with van der Waals surface area (Å²) in [4.78, 5) is 18.5. The maximum absolute atomic E-state index is 12.0. The van der Waals surface area contributed by atoms with E-state index in [2.05, 4.69) is 23.7 Å². The Morgan fingerprint density at radius 2 is 2.21 bits per heavy atom. The van der Waals surface area contributed by atoms with Gasteiger partial charge in [0.1, 0.15) is 5.65 Å². The summed E-state index contributed by atoms with van der Waals surface area (Å²) < 4.78 is 1.52. The topological polar surface area (TPSA) is 57.8 Å². The van der Waals surface area contributed by atoms with Crippen LogP contribution in [0, 0.1) is 0 Å². The Kier molecular flexibility index (Phi) is 4.29. The van der Waals surface area contributed by atoms with Crippen LogP contribution in [0.2, 0.25) is 0 Å². The van der Waals surface area contributed by atoms with Gasteiger partial charge >= 0.3 is 0 Å². The van der Waals surface area contributed by atoms with E-state index in [0.717, 1.165) is 5.69 Å². The van der Waals surface area contributed by atoms with Crippen molar-refractivity contribution in [3.05, 3.63) is 46.5 Å². The van der Waals surface area contributed by atoms with Gasteiger partial charge in [-0.25, -0.2) is 4.98 Å². The molecule has 0 aliphatic rings. The Morgan fingerprint density at radius 1 is 1.42 bits per heavy atom. The van der Waals surface area contributed by atoms with Gasteiger partial charge in [-0.3, -0.25) is 14.1 Å². The molecule has 19 heavy (non-hydrogen) atoms. The van der Waals surface area contributed by atoms with Crippen molar-refractivity contribution in [3.8, 4) is 0 Å². The lowest BCUT2D eigenvalue weighted by molar-refractivity contribution is 0.158. The largest absolute Gasteiger partial charge is 0.395 e. The van der Waals surface area contributed by atoms with Crippen LogP contribution in [0.15, 0.2) is 35.3 Å². The summed E-state index contributed by atoms with van der Waals surface area (Å²) in [6.45, 7) is 5.37. The fourth-order valence-electron chi connectivity index (χ4n) is 2.04. The molecule has 0 aromatic carbocycles. The SMILES string of the molecule is CC(C)N(CCO)Cc1cc(=O)n2ccccc2n1. The van der Waals surface area contributed by atoms with E-state index in [1.165, 1.54) is 4.40 Å². The monoisotopic (exact) mass is 261 g/mol. The molecule has 5 nitrogen and oxygen atoms in total. The Labute approximate surface area is 112 Å². The predicted molar refractivity (Wildman–Crippen MR) is 74.1 cm³/mol. The summed E-state index contributed by atoms with van der Waals surface area (Å²) in [7, 11) is 0. The second kappa shape index (κ2) is 5.95. The molecular weight excluding hydrogens is 242 g/mol. The molecule has 0 saturated heterocycles. The summed E-state index contributed by atoms with van der Waals surface area (Å²) >= 11 is 0. The molecule has 0 atom stereocenters. The molecule has 0 fully saturated rings. The highest BCUT2D eigenvalue weighted by molar-refractivity contribution is 5.37.